The van der Waals surface area contributed by atoms with Gasteiger partial charge in [-0.3, -0.25) is 0 Å². The maximum atomic E-state index is 6.32. The first-order chi connectivity index (χ1) is 13.1. The highest BCUT2D eigenvalue weighted by Crippen LogP contribution is 2.37. The van der Waals surface area contributed by atoms with Crippen LogP contribution in [0, 0.1) is 13.8 Å². The second kappa shape index (κ2) is 5.85. The summed E-state index contributed by atoms with van der Waals surface area (Å²) in [6.07, 6.45) is 0. The third-order valence-electron chi connectivity index (χ3n) is 5.16. The lowest BCUT2D eigenvalue weighted by Crippen LogP contribution is -2.30. The maximum absolute atomic E-state index is 6.32. The van der Waals surface area contributed by atoms with E-state index in [1.54, 1.807) is 0 Å². The molecule has 3 aromatic carbocycles. The average molecular weight is 353 g/mol. The smallest absolute Gasteiger partial charge is 0.261 e. The molecular weight excluding hydrogens is 332 g/mol. The number of fused-ring (bicyclic) bond motifs is 4. The van der Waals surface area contributed by atoms with Crippen LogP contribution in [-0.4, -0.2) is 0 Å². The second-order valence-electron chi connectivity index (χ2n) is 7.23. The number of rotatable bonds is 2. The van der Waals surface area contributed by atoms with Gasteiger partial charge in [-0.05, 0) is 55.3 Å². The van der Waals surface area contributed by atoms with Gasteiger partial charge in [0.2, 0.25) is 11.1 Å². The predicted molar refractivity (Wildman–Crippen MR) is 112 cm³/mol. The highest BCUT2D eigenvalue weighted by Gasteiger charge is 2.24. The molecule has 3 nitrogen and oxygen atoms in total. The normalized spacial score (nSPS) is 11.5. The Balaban J connectivity index is 1.89. The molecule has 0 spiro atoms. The molecule has 0 aliphatic carbocycles. The minimum atomic E-state index is 0.886. The Morgan fingerprint density at radius 2 is 1.48 bits per heavy atom. The molecule has 3 heteroatoms. The summed E-state index contributed by atoms with van der Waals surface area (Å²) < 4.78 is 8.55. The molecule has 132 valence electrons. The van der Waals surface area contributed by atoms with Gasteiger partial charge in [0.05, 0.1) is 10.8 Å². The summed E-state index contributed by atoms with van der Waals surface area (Å²) in [5.74, 6) is 0. The van der Waals surface area contributed by atoms with Crippen LogP contribution >= 0.6 is 0 Å². The molecule has 1 N–H and O–H groups in total. The van der Waals surface area contributed by atoms with Crippen LogP contribution in [0.5, 0.6) is 0 Å². The Bertz CT molecular complexity index is 1310. The summed E-state index contributed by atoms with van der Waals surface area (Å²) in [6, 6.07) is 23.2. The van der Waals surface area contributed by atoms with E-state index in [0.29, 0.717) is 0 Å². The van der Waals surface area contributed by atoms with Crippen LogP contribution in [0.1, 0.15) is 11.1 Å². The van der Waals surface area contributed by atoms with Crippen LogP contribution < -0.4 is 9.88 Å². The number of para-hydroxylation sites is 2. The van der Waals surface area contributed by atoms with Crippen LogP contribution in [0.25, 0.3) is 33.0 Å². The van der Waals surface area contributed by atoms with Gasteiger partial charge < -0.3 is 9.73 Å². The van der Waals surface area contributed by atoms with E-state index in [4.69, 9.17) is 4.42 Å². The van der Waals surface area contributed by atoms with E-state index in [9.17, 15) is 0 Å². The standard InChI is InChI=1S/C24H20N2O/c1-15-12-16(2)14-17(13-15)25-22-18-8-4-6-10-20(18)26(3)23-19-9-5-7-11-21(19)27-24(22)23/h4-14H,1-3H3/p+1. The minimum absolute atomic E-state index is 0.886. The first kappa shape index (κ1) is 15.9. The zero-order chi connectivity index (χ0) is 18.5. The largest absolute Gasteiger partial charge is 0.447 e. The minimum Gasteiger partial charge on any atom is -0.447 e. The highest BCUT2D eigenvalue weighted by molar-refractivity contribution is 6.11. The summed E-state index contributed by atoms with van der Waals surface area (Å²) in [7, 11) is 2.10. The number of hydrogen-bond donors (Lipinski definition) is 1. The van der Waals surface area contributed by atoms with Crippen LogP contribution in [0.3, 0.4) is 0 Å². The van der Waals surface area contributed by atoms with E-state index in [1.807, 2.05) is 12.1 Å². The molecule has 0 radical (unpaired) electrons. The summed E-state index contributed by atoms with van der Waals surface area (Å²) in [6.45, 7) is 4.25. The molecule has 27 heavy (non-hydrogen) atoms. The topological polar surface area (TPSA) is 29.1 Å². The van der Waals surface area contributed by atoms with E-state index in [2.05, 4.69) is 85.4 Å². The summed E-state index contributed by atoms with van der Waals surface area (Å²) in [4.78, 5) is 0. The van der Waals surface area contributed by atoms with Gasteiger partial charge in [-0.2, -0.15) is 4.57 Å². The molecule has 2 aromatic heterocycles. The van der Waals surface area contributed by atoms with Crippen molar-refractivity contribution < 1.29 is 8.98 Å². The molecule has 0 unspecified atom stereocenters. The third kappa shape index (κ3) is 2.47. The Morgan fingerprint density at radius 1 is 0.815 bits per heavy atom. The molecule has 0 amide bonds. The molecule has 5 aromatic rings. The van der Waals surface area contributed by atoms with Gasteiger partial charge in [-0.25, -0.2) is 0 Å². The first-order valence-corrected chi connectivity index (χ1v) is 9.19. The number of anilines is 2. The SMILES string of the molecule is Cc1cc(C)cc(Nc2c3ccccc3[n+](C)c3c2oc2ccccc23)c1. The van der Waals surface area contributed by atoms with Crippen LogP contribution in [0.15, 0.2) is 71.1 Å². The van der Waals surface area contributed by atoms with E-state index in [1.165, 1.54) is 16.6 Å². The van der Waals surface area contributed by atoms with Crippen molar-refractivity contribution in [1.82, 2.24) is 0 Å². The van der Waals surface area contributed by atoms with E-state index in [-0.39, 0.29) is 0 Å². The Morgan fingerprint density at radius 3 is 2.26 bits per heavy atom. The van der Waals surface area contributed by atoms with Crippen LogP contribution in [-0.2, 0) is 7.05 Å². The number of aryl methyl sites for hydroxylation is 3. The van der Waals surface area contributed by atoms with Gasteiger partial charge in [0.15, 0.2) is 0 Å². The fourth-order valence-electron chi connectivity index (χ4n) is 4.07. The van der Waals surface area contributed by atoms with E-state index in [0.717, 1.165) is 38.8 Å². The predicted octanol–water partition coefficient (Wildman–Crippen LogP) is 5.92. The Hall–Kier alpha value is -3.33. The summed E-state index contributed by atoms with van der Waals surface area (Å²) >= 11 is 0. The average Bonchev–Trinajstić information content (AvgIpc) is 3.04. The molecule has 0 aliphatic rings. The number of nitrogens with one attached hydrogen (secondary N) is 1. The van der Waals surface area contributed by atoms with Gasteiger partial charge in [0.1, 0.15) is 18.3 Å². The van der Waals surface area contributed by atoms with Gasteiger partial charge >= 0.3 is 0 Å². The molecule has 0 aliphatic heterocycles. The number of benzene rings is 3. The van der Waals surface area contributed by atoms with Crippen molar-refractivity contribution in [3.63, 3.8) is 0 Å². The first-order valence-electron chi connectivity index (χ1n) is 9.19. The molecule has 2 heterocycles. The van der Waals surface area contributed by atoms with E-state index >= 15 is 0 Å². The molecule has 0 saturated carbocycles. The van der Waals surface area contributed by atoms with E-state index < -0.39 is 0 Å². The van der Waals surface area contributed by atoms with Gasteiger partial charge in [0.25, 0.3) is 5.52 Å². The van der Waals surface area contributed by atoms with Crippen molar-refractivity contribution in [2.75, 3.05) is 5.32 Å². The Labute approximate surface area is 157 Å². The lowest BCUT2D eigenvalue weighted by molar-refractivity contribution is -0.616. The second-order valence-corrected chi connectivity index (χ2v) is 7.23. The number of aromatic nitrogens is 1. The van der Waals surface area contributed by atoms with Crippen LogP contribution in [0.4, 0.5) is 11.4 Å². The molecule has 5 rings (SSSR count). The van der Waals surface area contributed by atoms with Crippen LogP contribution in [0.2, 0.25) is 0 Å². The number of furan rings is 1. The number of pyridine rings is 1. The summed E-state index contributed by atoms with van der Waals surface area (Å²) in [5.41, 5.74) is 8.64. The zero-order valence-corrected chi connectivity index (χ0v) is 15.7. The van der Waals surface area contributed by atoms with Gasteiger partial charge in [-0.1, -0.05) is 30.3 Å². The number of hydrogen-bond acceptors (Lipinski definition) is 2. The Kier molecular flexibility index (Phi) is 3.44. The quantitative estimate of drug-likeness (QED) is 0.399. The van der Waals surface area contributed by atoms with Crippen molar-refractivity contribution in [2.45, 2.75) is 13.8 Å². The van der Waals surface area contributed by atoms with Crippen molar-refractivity contribution in [3.05, 3.63) is 77.9 Å². The highest BCUT2D eigenvalue weighted by atomic mass is 16.3. The fourth-order valence-corrected chi connectivity index (χ4v) is 4.07. The van der Waals surface area contributed by atoms with Crippen molar-refractivity contribution in [3.8, 4) is 0 Å². The van der Waals surface area contributed by atoms with Crippen molar-refractivity contribution >= 4 is 44.3 Å². The molecule has 0 fully saturated rings. The molecular formula is C24H21N2O+. The monoisotopic (exact) mass is 353 g/mol. The van der Waals surface area contributed by atoms with Crippen molar-refractivity contribution in [2.24, 2.45) is 7.05 Å². The fraction of sp³-hybridized carbons (Fsp3) is 0.125. The maximum Gasteiger partial charge on any atom is 0.261 e. The lowest BCUT2D eigenvalue weighted by atomic mass is 10.1. The third-order valence-corrected chi connectivity index (χ3v) is 5.16. The molecule has 0 saturated heterocycles. The molecule has 0 bridgehead atoms. The van der Waals surface area contributed by atoms with Gasteiger partial charge in [0, 0.05) is 11.8 Å². The zero-order valence-electron chi connectivity index (χ0n) is 15.7. The number of nitrogens with zero attached hydrogens (tertiary/aromatic N) is 1. The van der Waals surface area contributed by atoms with Crippen molar-refractivity contribution in [1.29, 1.82) is 0 Å². The molecule has 0 atom stereocenters. The summed E-state index contributed by atoms with van der Waals surface area (Å²) in [5, 5.41) is 5.93. The lowest BCUT2D eigenvalue weighted by Gasteiger charge is -2.11. The van der Waals surface area contributed by atoms with Gasteiger partial charge in [-0.15, -0.1) is 0 Å².